The standard InChI is InChI=1S/C11H9N2O/c14-10(8-11-12-6-7-13-11)9-4-2-1-3-5-9/h1-7H,8H2/q+1. The van der Waals surface area contributed by atoms with Gasteiger partial charge in [-0.25, -0.2) is 0 Å². The number of benzene rings is 1. The van der Waals surface area contributed by atoms with Crippen LogP contribution in [0.4, 0.5) is 0 Å². The van der Waals surface area contributed by atoms with Crippen LogP contribution < -0.4 is 0 Å². The molecule has 2 rings (SSSR count). The van der Waals surface area contributed by atoms with Gasteiger partial charge in [0, 0.05) is 5.56 Å². The van der Waals surface area contributed by atoms with Crippen molar-refractivity contribution in [2.75, 3.05) is 0 Å². The van der Waals surface area contributed by atoms with E-state index in [2.05, 4.69) is 9.98 Å². The Kier molecular flexibility index (Phi) is 2.40. The van der Waals surface area contributed by atoms with Crippen LogP contribution in [0.15, 0.2) is 40.3 Å². The molecular formula is C11H9N2O+. The maximum atomic E-state index is 11.6. The summed E-state index contributed by atoms with van der Waals surface area (Å²) < 4.78 is 0. The van der Waals surface area contributed by atoms with E-state index in [-0.39, 0.29) is 12.2 Å². The van der Waals surface area contributed by atoms with E-state index in [1.807, 2.05) is 18.2 Å². The topological polar surface area (TPSA) is 41.8 Å². The van der Waals surface area contributed by atoms with Crippen LogP contribution in [0.3, 0.4) is 0 Å². The summed E-state index contributed by atoms with van der Waals surface area (Å²) in [7, 11) is 0. The molecule has 1 aromatic rings. The van der Waals surface area contributed by atoms with E-state index < -0.39 is 0 Å². The molecule has 0 aliphatic carbocycles. The molecule has 1 aliphatic rings. The summed E-state index contributed by atoms with van der Waals surface area (Å²) >= 11 is 0. The number of rotatable bonds is 3. The molecule has 68 valence electrons. The van der Waals surface area contributed by atoms with Crippen molar-refractivity contribution < 1.29 is 4.79 Å². The number of Topliss-reactive ketones (excluding diaryl/α,β-unsaturated/α-hetero) is 1. The van der Waals surface area contributed by atoms with Crippen LogP contribution in [0, 0.1) is 6.17 Å². The molecule has 0 amide bonds. The molecule has 1 aromatic carbocycles. The highest BCUT2D eigenvalue weighted by atomic mass is 16.1. The minimum absolute atomic E-state index is 0.0526. The van der Waals surface area contributed by atoms with E-state index in [0.717, 1.165) is 0 Å². The average molecular weight is 185 g/mol. The second kappa shape index (κ2) is 3.87. The smallest absolute Gasteiger partial charge is 0.248 e. The lowest BCUT2D eigenvalue weighted by Gasteiger charge is -1.97. The number of hydrogen-bond acceptors (Lipinski definition) is 3. The van der Waals surface area contributed by atoms with Gasteiger partial charge in [-0.05, 0) is 0 Å². The number of aliphatic imine (C=N–C) groups is 2. The van der Waals surface area contributed by atoms with E-state index in [0.29, 0.717) is 11.7 Å². The van der Waals surface area contributed by atoms with Gasteiger partial charge < -0.3 is 0 Å². The van der Waals surface area contributed by atoms with Crippen molar-refractivity contribution in [3.63, 3.8) is 0 Å². The molecule has 0 fully saturated rings. The van der Waals surface area contributed by atoms with Crippen molar-refractivity contribution in [2.45, 2.75) is 6.42 Å². The third-order valence-electron chi connectivity index (χ3n) is 1.93. The molecule has 0 saturated carbocycles. The van der Waals surface area contributed by atoms with Crippen molar-refractivity contribution in [3.05, 3.63) is 42.1 Å². The monoisotopic (exact) mass is 185 g/mol. The Bertz CT molecular complexity index is 370. The Morgan fingerprint density at radius 2 is 1.79 bits per heavy atom. The van der Waals surface area contributed by atoms with Gasteiger partial charge in [0.15, 0.2) is 18.2 Å². The second-order valence-electron chi connectivity index (χ2n) is 2.94. The molecule has 14 heavy (non-hydrogen) atoms. The zero-order valence-corrected chi connectivity index (χ0v) is 7.55. The molecule has 1 heterocycles. The zero-order chi connectivity index (χ0) is 9.80. The first-order valence-electron chi connectivity index (χ1n) is 4.37. The normalized spacial score (nSPS) is 13.6. The van der Waals surface area contributed by atoms with Gasteiger partial charge in [-0.15, -0.1) is 0 Å². The molecule has 0 aromatic heterocycles. The Labute approximate surface area is 82.2 Å². The lowest BCUT2D eigenvalue weighted by molar-refractivity contribution is 0.0986. The summed E-state index contributed by atoms with van der Waals surface area (Å²) in [5.74, 6) is 0.0526. The number of carbonyl (C=O) groups excluding carboxylic acids is 1. The largest absolute Gasteiger partial charge is 0.292 e. The van der Waals surface area contributed by atoms with Crippen molar-refractivity contribution in [1.82, 2.24) is 0 Å². The number of hydrogen-bond donors (Lipinski definition) is 0. The zero-order valence-electron chi connectivity index (χ0n) is 7.55. The summed E-state index contributed by atoms with van der Waals surface area (Å²) in [5.41, 5.74) is 0.706. The predicted molar refractivity (Wildman–Crippen MR) is 55.6 cm³/mol. The Hall–Kier alpha value is -1.90. The van der Waals surface area contributed by atoms with Gasteiger partial charge in [-0.1, -0.05) is 40.3 Å². The van der Waals surface area contributed by atoms with Crippen LogP contribution in [0.2, 0.25) is 0 Å². The van der Waals surface area contributed by atoms with Gasteiger partial charge in [-0.2, -0.15) is 0 Å². The second-order valence-corrected chi connectivity index (χ2v) is 2.94. The first-order chi connectivity index (χ1) is 6.86. The fourth-order valence-electron chi connectivity index (χ4n) is 1.23. The van der Waals surface area contributed by atoms with E-state index in [4.69, 9.17) is 0 Å². The maximum Gasteiger partial charge on any atom is 0.248 e. The molecule has 3 heteroatoms. The Morgan fingerprint density at radius 1 is 1.14 bits per heavy atom. The quantitative estimate of drug-likeness (QED) is 0.523. The third kappa shape index (κ3) is 1.88. The highest BCUT2D eigenvalue weighted by molar-refractivity contribution is 6.18. The maximum absolute atomic E-state index is 11.6. The van der Waals surface area contributed by atoms with Gasteiger partial charge in [-0.3, -0.25) is 4.79 Å². The van der Waals surface area contributed by atoms with Gasteiger partial charge >= 0.3 is 0 Å². The van der Waals surface area contributed by atoms with Crippen molar-refractivity contribution in [3.8, 4) is 0 Å². The van der Waals surface area contributed by atoms with Gasteiger partial charge in [0.05, 0.1) is 0 Å². The molecule has 1 aliphatic heterocycles. The molecule has 0 N–H and O–H groups in total. The molecule has 0 spiro atoms. The molecule has 0 saturated heterocycles. The summed E-state index contributed by atoms with van der Waals surface area (Å²) in [6.07, 6.45) is 4.04. The van der Waals surface area contributed by atoms with E-state index in [9.17, 15) is 4.79 Å². The van der Waals surface area contributed by atoms with Crippen molar-refractivity contribution in [1.29, 1.82) is 0 Å². The minimum Gasteiger partial charge on any atom is -0.292 e. The van der Waals surface area contributed by atoms with Gasteiger partial charge in [0.2, 0.25) is 6.17 Å². The molecule has 3 nitrogen and oxygen atoms in total. The van der Waals surface area contributed by atoms with Gasteiger partial charge in [0.1, 0.15) is 6.42 Å². The molecule has 0 radical (unpaired) electrons. The summed E-state index contributed by atoms with van der Waals surface area (Å²) in [4.78, 5) is 19.5. The van der Waals surface area contributed by atoms with Crippen LogP contribution >= 0.6 is 0 Å². The van der Waals surface area contributed by atoms with E-state index in [1.54, 1.807) is 24.6 Å². The first kappa shape index (κ1) is 8.69. The highest BCUT2D eigenvalue weighted by Crippen LogP contribution is 2.15. The van der Waals surface area contributed by atoms with Crippen LogP contribution in [-0.4, -0.2) is 18.2 Å². The highest BCUT2D eigenvalue weighted by Gasteiger charge is 2.21. The molecule has 0 bridgehead atoms. The first-order valence-corrected chi connectivity index (χ1v) is 4.37. The fourth-order valence-corrected chi connectivity index (χ4v) is 1.23. The number of nitrogens with zero attached hydrogens (tertiary/aromatic N) is 2. The molecule has 0 unspecified atom stereocenters. The van der Waals surface area contributed by atoms with Crippen LogP contribution in [0.25, 0.3) is 0 Å². The van der Waals surface area contributed by atoms with E-state index >= 15 is 0 Å². The predicted octanol–water partition coefficient (Wildman–Crippen LogP) is 1.90. The molecular weight excluding hydrogens is 176 g/mol. The lowest BCUT2D eigenvalue weighted by atomic mass is 10.1. The number of ketones is 1. The van der Waals surface area contributed by atoms with Crippen LogP contribution in [0.5, 0.6) is 0 Å². The summed E-state index contributed by atoms with van der Waals surface area (Å²) in [5, 5.41) is 0. The van der Waals surface area contributed by atoms with E-state index in [1.165, 1.54) is 0 Å². The third-order valence-corrected chi connectivity index (χ3v) is 1.93. The van der Waals surface area contributed by atoms with Crippen molar-refractivity contribution >= 4 is 18.2 Å². The van der Waals surface area contributed by atoms with Crippen molar-refractivity contribution in [2.24, 2.45) is 9.98 Å². The van der Waals surface area contributed by atoms with Crippen LogP contribution in [0.1, 0.15) is 16.8 Å². The fraction of sp³-hybridized carbons (Fsp3) is 0.0909. The SMILES string of the molecule is O=C(C[C+]1N=CC=N1)c1ccccc1. The molecule has 0 atom stereocenters. The summed E-state index contributed by atoms with van der Waals surface area (Å²) in [6, 6.07) is 9.17. The van der Waals surface area contributed by atoms with Gasteiger partial charge in [0.25, 0.3) is 0 Å². The Morgan fingerprint density at radius 3 is 2.43 bits per heavy atom. The lowest BCUT2D eigenvalue weighted by Crippen LogP contribution is -2.02. The Balaban J connectivity index is 2.03. The minimum atomic E-state index is 0.0526. The summed E-state index contributed by atoms with van der Waals surface area (Å²) in [6.45, 7) is 0. The number of carbonyl (C=O) groups is 1. The average Bonchev–Trinajstić information content (AvgIpc) is 2.72. The van der Waals surface area contributed by atoms with Crippen LogP contribution in [-0.2, 0) is 0 Å².